The molecule has 0 bridgehead atoms. The number of H-pyrrole nitrogens is 1. The number of likely N-dealkylation sites (N-methyl/N-ethyl adjacent to an activating group) is 1. The zero-order valence-electron chi connectivity index (χ0n) is 12.2. The molecule has 0 aliphatic carbocycles. The van der Waals surface area contributed by atoms with Gasteiger partial charge in [0.15, 0.2) is 0 Å². The fraction of sp³-hybridized carbons (Fsp3) is 0.500. The molecule has 7 nitrogen and oxygen atoms in total. The van der Waals surface area contributed by atoms with Gasteiger partial charge in [-0.25, -0.2) is 4.98 Å². The van der Waals surface area contributed by atoms with Gasteiger partial charge in [0.1, 0.15) is 5.65 Å². The molecule has 1 saturated heterocycles. The van der Waals surface area contributed by atoms with Gasteiger partial charge in [-0.05, 0) is 13.1 Å². The van der Waals surface area contributed by atoms with Crippen LogP contribution in [0.15, 0.2) is 23.1 Å². The summed E-state index contributed by atoms with van der Waals surface area (Å²) in [5, 5.41) is 4.05. The number of pyridine rings is 1. The number of hydrogen-bond donors (Lipinski definition) is 2. The Kier molecular flexibility index (Phi) is 4.12. The Morgan fingerprint density at radius 2 is 2.10 bits per heavy atom. The van der Waals surface area contributed by atoms with Crippen molar-refractivity contribution in [1.82, 2.24) is 24.8 Å². The molecule has 21 heavy (non-hydrogen) atoms. The molecule has 0 saturated carbocycles. The van der Waals surface area contributed by atoms with E-state index >= 15 is 0 Å². The SMILES string of the molecule is CN1CCN(CCNc2ncc3ccc(=O)[nH]c3n2)CC1. The van der Waals surface area contributed by atoms with E-state index in [0.29, 0.717) is 11.6 Å². The van der Waals surface area contributed by atoms with Gasteiger partial charge in [0, 0.05) is 56.9 Å². The maximum absolute atomic E-state index is 11.3. The van der Waals surface area contributed by atoms with Crippen molar-refractivity contribution in [2.45, 2.75) is 0 Å². The van der Waals surface area contributed by atoms with Crippen molar-refractivity contribution in [3.63, 3.8) is 0 Å². The number of nitrogens with one attached hydrogen (secondary N) is 2. The molecule has 0 unspecified atom stereocenters. The van der Waals surface area contributed by atoms with Crippen LogP contribution in [0.4, 0.5) is 5.95 Å². The average molecular weight is 288 g/mol. The molecule has 112 valence electrons. The number of hydrogen-bond acceptors (Lipinski definition) is 6. The summed E-state index contributed by atoms with van der Waals surface area (Å²) in [6, 6.07) is 3.20. The lowest BCUT2D eigenvalue weighted by atomic mass is 10.3. The van der Waals surface area contributed by atoms with E-state index in [-0.39, 0.29) is 5.56 Å². The van der Waals surface area contributed by atoms with Gasteiger partial charge < -0.3 is 15.2 Å². The first kappa shape index (κ1) is 14.0. The molecule has 1 fully saturated rings. The molecular weight excluding hydrogens is 268 g/mol. The van der Waals surface area contributed by atoms with E-state index in [1.165, 1.54) is 6.07 Å². The molecule has 0 amide bonds. The largest absolute Gasteiger partial charge is 0.353 e. The molecule has 0 aromatic carbocycles. The third kappa shape index (κ3) is 3.56. The van der Waals surface area contributed by atoms with E-state index in [2.05, 4.69) is 37.1 Å². The van der Waals surface area contributed by atoms with Crippen molar-refractivity contribution in [3.05, 3.63) is 28.7 Å². The molecular formula is C14H20N6O. The molecule has 7 heteroatoms. The van der Waals surface area contributed by atoms with E-state index in [1.807, 2.05) is 0 Å². The van der Waals surface area contributed by atoms with E-state index in [0.717, 1.165) is 44.7 Å². The second-order valence-corrected chi connectivity index (χ2v) is 5.39. The molecule has 2 N–H and O–H groups in total. The van der Waals surface area contributed by atoms with Gasteiger partial charge >= 0.3 is 0 Å². The van der Waals surface area contributed by atoms with Crippen LogP contribution in [-0.4, -0.2) is 71.1 Å². The number of aromatic nitrogens is 3. The van der Waals surface area contributed by atoms with Crippen molar-refractivity contribution in [2.24, 2.45) is 0 Å². The standard InChI is InChI=1S/C14H20N6O/c1-19-6-8-20(9-7-19)5-4-15-14-16-10-11-2-3-12(21)17-13(11)18-14/h2-3,10H,4-9H2,1H3,(H2,15,16,17,18,21). The van der Waals surface area contributed by atoms with Crippen molar-refractivity contribution in [3.8, 4) is 0 Å². The highest BCUT2D eigenvalue weighted by molar-refractivity contribution is 5.74. The third-order valence-electron chi connectivity index (χ3n) is 3.78. The molecule has 0 radical (unpaired) electrons. The Morgan fingerprint density at radius 1 is 1.29 bits per heavy atom. The smallest absolute Gasteiger partial charge is 0.249 e. The van der Waals surface area contributed by atoms with Crippen LogP contribution in [0.2, 0.25) is 0 Å². The maximum atomic E-state index is 11.3. The first-order valence-corrected chi connectivity index (χ1v) is 7.21. The number of piperazine rings is 1. The summed E-state index contributed by atoms with van der Waals surface area (Å²) in [6.07, 6.45) is 1.72. The van der Waals surface area contributed by atoms with Crippen LogP contribution in [0.1, 0.15) is 0 Å². The zero-order chi connectivity index (χ0) is 14.7. The molecule has 3 heterocycles. The highest BCUT2D eigenvalue weighted by Gasteiger charge is 2.12. The van der Waals surface area contributed by atoms with Crippen LogP contribution in [0.5, 0.6) is 0 Å². The monoisotopic (exact) mass is 288 g/mol. The fourth-order valence-electron chi connectivity index (χ4n) is 2.42. The third-order valence-corrected chi connectivity index (χ3v) is 3.78. The molecule has 2 aromatic rings. The van der Waals surface area contributed by atoms with Crippen LogP contribution in [-0.2, 0) is 0 Å². The normalized spacial score (nSPS) is 17.2. The molecule has 0 spiro atoms. The first-order valence-electron chi connectivity index (χ1n) is 7.21. The second kappa shape index (κ2) is 6.19. The number of aromatic amines is 1. The summed E-state index contributed by atoms with van der Waals surface area (Å²) in [5.41, 5.74) is 0.421. The van der Waals surface area contributed by atoms with Gasteiger partial charge in [-0.3, -0.25) is 9.69 Å². The summed E-state index contributed by atoms with van der Waals surface area (Å²) >= 11 is 0. The van der Waals surface area contributed by atoms with E-state index in [1.54, 1.807) is 12.3 Å². The Morgan fingerprint density at radius 3 is 2.90 bits per heavy atom. The van der Waals surface area contributed by atoms with Crippen molar-refractivity contribution >= 4 is 17.0 Å². The Hall–Kier alpha value is -1.99. The minimum absolute atomic E-state index is 0.149. The first-order chi connectivity index (χ1) is 10.2. The van der Waals surface area contributed by atoms with Crippen LogP contribution in [0.3, 0.4) is 0 Å². The molecule has 1 aliphatic heterocycles. The highest BCUT2D eigenvalue weighted by atomic mass is 16.1. The van der Waals surface area contributed by atoms with Crippen LogP contribution in [0, 0.1) is 0 Å². The molecule has 3 rings (SSSR count). The van der Waals surface area contributed by atoms with Crippen molar-refractivity contribution < 1.29 is 0 Å². The Balaban J connectivity index is 1.56. The lowest BCUT2D eigenvalue weighted by Crippen LogP contribution is -2.45. The number of anilines is 1. The van der Waals surface area contributed by atoms with Gasteiger partial charge in [-0.15, -0.1) is 0 Å². The predicted octanol–water partition coefficient (Wildman–Crippen LogP) is -0.0226. The van der Waals surface area contributed by atoms with Crippen molar-refractivity contribution in [2.75, 3.05) is 51.6 Å². The van der Waals surface area contributed by atoms with Gasteiger partial charge in [0.05, 0.1) is 0 Å². The van der Waals surface area contributed by atoms with E-state index in [9.17, 15) is 4.79 Å². The van der Waals surface area contributed by atoms with Gasteiger partial charge in [-0.2, -0.15) is 4.98 Å². The van der Waals surface area contributed by atoms with E-state index in [4.69, 9.17) is 0 Å². The summed E-state index contributed by atoms with van der Waals surface area (Å²) in [6.45, 7) is 6.21. The van der Waals surface area contributed by atoms with Gasteiger partial charge in [0.25, 0.3) is 0 Å². The summed E-state index contributed by atoms with van der Waals surface area (Å²) < 4.78 is 0. The predicted molar refractivity (Wildman–Crippen MR) is 82.6 cm³/mol. The number of fused-ring (bicyclic) bond motifs is 1. The molecule has 0 atom stereocenters. The molecule has 1 aliphatic rings. The lowest BCUT2D eigenvalue weighted by molar-refractivity contribution is 0.158. The molecule has 2 aromatic heterocycles. The topological polar surface area (TPSA) is 77.1 Å². The number of rotatable bonds is 4. The minimum Gasteiger partial charge on any atom is -0.353 e. The summed E-state index contributed by atoms with van der Waals surface area (Å²) in [5.74, 6) is 0.554. The van der Waals surface area contributed by atoms with Crippen LogP contribution >= 0.6 is 0 Å². The van der Waals surface area contributed by atoms with Gasteiger partial charge in [0.2, 0.25) is 11.5 Å². The fourth-order valence-corrected chi connectivity index (χ4v) is 2.42. The van der Waals surface area contributed by atoms with E-state index < -0.39 is 0 Å². The van der Waals surface area contributed by atoms with Gasteiger partial charge in [-0.1, -0.05) is 0 Å². The summed E-state index contributed by atoms with van der Waals surface area (Å²) in [7, 11) is 2.15. The quantitative estimate of drug-likeness (QED) is 0.823. The summed E-state index contributed by atoms with van der Waals surface area (Å²) in [4.78, 5) is 27.4. The average Bonchev–Trinajstić information content (AvgIpc) is 2.49. The highest BCUT2D eigenvalue weighted by Crippen LogP contribution is 2.07. The minimum atomic E-state index is -0.149. The van der Waals surface area contributed by atoms with Crippen molar-refractivity contribution in [1.29, 1.82) is 0 Å². The second-order valence-electron chi connectivity index (χ2n) is 5.39. The number of nitrogens with zero attached hydrogens (tertiary/aromatic N) is 4. The Labute approximate surface area is 123 Å². The lowest BCUT2D eigenvalue weighted by Gasteiger charge is -2.32. The zero-order valence-corrected chi connectivity index (χ0v) is 12.2. The Bertz CT molecular complexity index is 662. The maximum Gasteiger partial charge on any atom is 0.249 e. The van der Waals surface area contributed by atoms with Crippen LogP contribution in [0.25, 0.3) is 11.0 Å². The van der Waals surface area contributed by atoms with Crippen LogP contribution < -0.4 is 10.9 Å².